The van der Waals surface area contributed by atoms with Crippen LogP contribution in [0.3, 0.4) is 0 Å². The fourth-order valence-electron chi connectivity index (χ4n) is 2.71. The lowest BCUT2D eigenvalue weighted by Gasteiger charge is -2.24. The molecule has 21 heavy (non-hydrogen) atoms. The molecule has 0 saturated heterocycles. The van der Waals surface area contributed by atoms with E-state index in [0.29, 0.717) is 6.54 Å². The van der Waals surface area contributed by atoms with Gasteiger partial charge in [-0.2, -0.15) is 5.10 Å². The van der Waals surface area contributed by atoms with Crippen LogP contribution in [0.25, 0.3) is 0 Å². The number of nitrogen functional groups attached to an aromatic ring is 1. The normalized spacial score (nSPS) is 15.6. The van der Waals surface area contributed by atoms with E-state index in [1.807, 2.05) is 24.3 Å². The summed E-state index contributed by atoms with van der Waals surface area (Å²) in [6, 6.07) is 7.63. The van der Waals surface area contributed by atoms with Crippen molar-refractivity contribution in [1.29, 1.82) is 0 Å². The second-order valence-electron chi connectivity index (χ2n) is 5.22. The molecule has 0 spiro atoms. The molecule has 0 radical (unpaired) electrons. The summed E-state index contributed by atoms with van der Waals surface area (Å²) in [7, 11) is -2.03. The number of hydrogen-bond acceptors (Lipinski definition) is 4. The van der Waals surface area contributed by atoms with Gasteiger partial charge < -0.3 is 5.73 Å². The zero-order valence-corrected chi connectivity index (χ0v) is 12.7. The Morgan fingerprint density at radius 3 is 2.71 bits per heavy atom. The summed E-state index contributed by atoms with van der Waals surface area (Å²) in [4.78, 5) is 0.0710. The van der Waals surface area contributed by atoms with Gasteiger partial charge in [-0.1, -0.05) is 18.2 Å². The lowest BCUT2D eigenvalue weighted by Crippen LogP contribution is -2.32. The number of nitrogens with zero attached hydrogens (tertiary/aromatic N) is 3. The lowest BCUT2D eigenvalue weighted by atomic mass is 10.1. The van der Waals surface area contributed by atoms with E-state index in [4.69, 9.17) is 5.73 Å². The molecular formula is C14H18N4O2S. The number of fused-ring (bicyclic) bond motifs is 1. The molecule has 0 aliphatic carbocycles. The van der Waals surface area contributed by atoms with E-state index < -0.39 is 10.0 Å². The minimum atomic E-state index is -3.68. The van der Waals surface area contributed by atoms with Gasteiger partial charge in [0.05, 0.1) is 5.69 Å². The van der Waals surface area contributed by atoms with E-state index in [0.717, 1.165) is 30.5 Å². The van der Waals surface area contributed by atoms with Crippen LogP contribution < -0.4 is 10.0 Å². The molecule has 0 fully saturated rings. The topological polar surface area (TPSA) is 81.2 Å². The summed E-state index contributed by atoms with van der Waals surface area (Å²) in [6.07, 6.45) is 4.16. The minimum absolute atomic E-state index is 0.0410. The van der Waals surface area contributed by atoms with E-state index in [1.165, 1.54) is 15.2 Å². The Morgan fingerprint density at radius 1 is 1.24 bits per heavy atom. The molecule has 0 atom stereocenters. The van der Waals surface area contributed by atoms with Crippen molar-refractivity contribution >= 4 is 21.5 Å². The van der Waals surface area contributed by atoms with Crippen LogP contribution >= 0.6 is 0 Å². The second kappa shape index (κ2) is 5.07. The Labute approximate surface area is 124 Å². The molecule has 1 aliphatic heterocycles. The maximum Gasteiger partial charge on any atom is 0.269 e. The fraction of sp³-hybridized carbons (Fsp3) is 0.357. The molecule has 6 nitrogen and oxygen atoms in total. The Balaban J connectivity index is 2.13. The highest BCUT2D eigenvalue weighted by molar-refractivity contribution is 7.93. The van der Waals surface area contributed by atoms with Crippen molar-refractivity contribution in [3.05, 3.63) is 36.0 Å². The second-order valence-corrected chi connectivity index (χ2v) is 7.05. The molecule has 112 valence electrons. The maximum absolute atomic E-state index is 12.9. The summed E-state index contributed by atoms with van der Waals surface area (Å²) in [6.45, 7) is 0.466. The number of nitrogens with two attached hydrogens (primary N) is 1. The highest BCUT2D eigenvalue weighted by Crippen LogP contribution is 2.32. The molecule has 7 heteroatoms. The number of rotatable bonds is 2. The van der Waals surface area contributed by atoms with Crippen molar-refractivity contribution < 1.29 is 8.42 Å². The predicted octanol–water partition coefficient (Wildman–Crippen LogP) is 1.53. The third kappa shape index (κ3) is 2.37. The van der Waals surface area contributed by atoms with Crippen LogP contribution in [-0.2, 0) is 23.5 Å². The van der Waals surface area contributed by atoms with Crippen LogP contribution in [0.5, 0.6) is 0 Å². The van der Waals surface area contributed by atoms with E-state index in [-0.39, 0.29) is 10.7 Å². The molecule has 2 heterocycles. The highest BCUT2D eigenvalue weighted by Gasteiger charge is 2.31. The molecule has 1 aliphatic rings. The molecule has 0 saturated carbocycles. The van der Waals surface area contributed by atoms with Crippen LogP contribution in [-0.4, -0.2) is 24.7 Å². The predicted molar refractivity (Wildman–Crippen MR) is 81.5 cm³/mol. The van der Waals surface area contributed by atoms with Crippen molar-refractivity contribution in [3.63, 3.8) is 0 Å². The van der Waals surface area contributed by atoms with Crippen molar-refractivity contribution in [3.8, 4) is 0 Å². The molecule has 0 bridgehead atoms. The summed E-state index contributed by atoms with van der Waals surface area (Å²) < 4.78 is 28.7. The minimum Gasteiger partial charge on any atom is -0.381 e. The van der Waals surface area contributed by atoms with E-state index in [2.05, 4.69) is 5.10 Å². The standard InChI is InChI=1S/C14H18N4O2S/c1-17-10-13(14(15)16-17)21(19,20)18-9-5-4-7-11-6-2-3-8-12(11)18/h2-3,6,8,10H,4-5,7,9H2,1H3,(H2,15,16). The summed E-state index contributed by atoms with van der Waals surface area (Å²) in [5, 5.41) is 3.94. The smallest absolute Gasteiger partial charge is 0.269 e. The summed E-state index contributed by atoms with van der Waals surface area (Å²) in [5.74, 6) is 0.0410. The first-order valence-corrected chi connectivity index (χ1v) is 8.34. The van der Waals surface area contributed by atoms with Gasteiger partial charge in [0.15, 0.2) is 5.82 Å². The van der Waals surface area contributed by atoms with Crippen LogP contribution in [0.1, 0.15) is 18.4 Å². The third-order valence-electron chi connectivity index (χ3n) is 3.71. The van der Waals surface area contributed by atoms with Crippen LogP contribution in [0.15, 0.2) is 35.4 Å². The number of para-hydroxylation sites is 1. The van der Waals surface area contributed by atoms with E-state index in [1.54, 1.807) is 7.05 Å². The largest absolute Gasteiger partial charge is 0.381 e. The molecular weight excluding hydrogens is 288 g/mol. The summed E-state index contributed by atoms with van der Waals surface area (Å²) in [5.41, 5.74) is 7.56. The van der Waals surface area contributed by atoms with Crippen molar-refractivity contribution in [2.75, 3.05) is 16.6 Å². The molecule has 3 rings (SSSR count). The first-order valence-electron chi connectivity index (χ1n) is 6.90. The van der Waals surface area contributed by atoms with Gasteiger partial charge in [-0.3, -0.25) is 8.99 Å². The van der Waals surface area contributed by atoms with Gasteiger partial charge in [0.25, 0.3) is 10.0 Å². The van der Waals surface area contributed by atoms with Gasteiger partial charge in [-0.25, -0.2) is 8.42 Å². The Morgan fingerprint density at radius 2 is 2.00 bits per heavy atom. The average molecular weight is 306 g/mol. The third-order valence-corrected chi connectivity index (χ3v) is 5.54. The molecule has 0 unspecified atom stereocenters. The Bertz CT molecular complexity index is 767. The number of hydrogen-bond donors (Lipinski definition) is 1. The van der Waals surface area contributed by atoms with E-state index >= 15 is 0 Å². The summed E-state index contributed by atoms with van der Waals surface area (Å²) >= 11 is 0. The number of aromatic nitrogens is 2. The molecule has 1 aromatic carbocycles. The Hall–Kier alpha value is -2.02. The average Bonchev–Trinajstić information content (AvgIpc) is 2.68. The maximum atomic E-state index is 12.9. The van der Waals surface area contributed by atoms with Crippen LogP contribution in [0.2, 0.25) is 0 Å². The fourth-order valence-corrected chi connectivity index (χ4v) is 4.34. The van der Waals surface area contributed by atoms with Gasteiger partial charge in [0, 0.05) is 19.8 Å². The first-order chi connectivity index (χ1) is 10.00. The van der Waals surface area contributed by atoms with Gasteiger partial charge in [0.1, 0.15) is 4.90 Å². The van der Waals surface area contributed by atoms with Gasteiger partial charge in [0.2, 0.25) is 0 Å². The number of anilines is 2. The zero-order chi connectivity index (χ0) is 15.0. The highest BCUT2D eigenvalue weighted by atomic mass is 32.2. The van der Waals surface area contributed by atoms with Crippen LogP contribution in [0, 0.1) is 0 Å². The lowest BCUT2D eigenvalue weighted by molar-refractivity contribution is 0.589. The molecule has 1 aromatic heterocycles. The quantitative estimate of drug-likeness (QED) is 0.912. The van der Waals surface area contributed by atoms with Gasteiger partial charge >= 0.3 is 0 Å². The van der Waals surface area contributed by atoms with E-state index in [9.17, 15) is 8.42 Å². The number of aryl methyl sites for hydroxylation is 2. The molecule has 0 amide bonds. The van der Waals surface area contributed by atoms with Crippen molar-refractivity contribution in [1.82, 2.24) is 9.78 Å². The zero-order valence-electron chi connectivity index (χ0n) is 11.9. The van der Waals surface area contributed by atoms with Gasteiger partial charge in [-0.05, 0) is 30.9 Å². The molecule has 2 aromatic rings. The van der Waals surface area contributed by atoms with Crippen LogP contribution in [0.4, 0.5) is 11.5 Å². The van der Waals surface area contributed by atoms with Crippen molar-refractivity contribution in [2.24, 2.45) is 7.05 Å². The monoisotopic (exact) mass is 306 g/mol. The number of benzene rings is 1. The Kier molecular flexibility index (Phi) is 3.36. The van der Waals surface area contributed by atoms with Crippen molar-refractivity contribution in [2.45, 2.75) is 24.2 Å². The SMILES string of the molecule is Cn1cc(S(=O)(=O)N2CCCCc3ccccc32)c(N)n1. The van der Waals surface area contributed by atoms with Gasteiger partial charge in [-0.15, -0.1) is 0 Å². The number of sulfonamides is 1. The molecule has 2 N–H and O–H groups in total. The first kappa shape index (κ1) is 13.9.